The van der Waals surface area contributed by atoms with Gasteiger partial charge in [0.15, 0.2) is 5.38 Å². The van der Waals surface area contributed by atoms with E-state index in [0.717, 1.165) is 6.42 Å². The van der Waals surface area contributed by atoms with Gasteiger partial charge in [0.05, 0.1) is 6.20 Å². The molecule has 0 radical (unpaired) electrons. The van der Waals surface area contributed by atoms with Crippen molar-refractivity contribution < 1.29 is 0 Å². The van der Waals surface area contributed by atoms with E-state index in [9.17, 15) is 0 Å². The van der Waals surface area contributed by atoms with Gasteiger partial charge in [0.1, 0.15) is 5.41 Å². The van der Waals surface area contributed by atoms with E-state index in [2.05, 4.69) is 28.8 Å². The molecule has 0 N–H and O–H groups in total. The van der Waals surface area contributed by atoms with Crippen molar-refractivity contribution in [3.05, 3.63) is 23.2 Å². The molecule has 0 amide bonds. The number of hydrogen-bond acceptors (Lipinski definition) is 1. The highest BCUT2D eigenvalue weighted by Crippen LogP contribution is 2.16. The van der Waals surface area contributed by atoms with Crippen molar-refractivity contribution in [2.24, 2.45) is 0 Å². The van der Waals surface area contributed by atoms with E-state index in [1.54, 1.807) is 0 Å². The van der Waals surface area contributed by atoms with Gasteiger partial charge in [-0.2, -0.15) is 0 Å². The lowest BCUT2D eigenvalue weighted by Gasteiger charge is -1.69. The summed E-state index contributed by atoms with van der Waals surface area (Å²) in [4.78, 5) is 3.97. The zero-order chi connectivity index (χ0) is 6.53. The summed E-state index contributed by atoms with van der Waals surface area (Å²) in [7, 11) is 0.220. The maximum absolute atomic E-state index is 3.97. The molecule has 0 aliphatic carbocycles. The van der Waals surface area contributed by atoms with Crippen molar-refractivity contribution in [1.29, 1.82) is 0 Å². The fraction of sp³-hybridized carbons (Fsp3) is 0.286. The van der Waals surface area contributed by atoms with Crippen LogP contribution >= 0.6 is 10.5 Å². The van der Waals surface area contributed by atoms with Crippen LogP contribution in [0.25, 0.3) is 5.41 Å². The summed E-state index contributed by atoms with van der Waals surface area (Å²) < 4.78 is 0. The van der Waals surface area contributed by atoms with Crippen LogP contribution in [0.3, 0.4) is 0 Å². The Kier molecular flexibility index (Phi) is 2.46. The summed E-state index contributed by atoms with van der Waals surface area (Å²) in [6.45, 7) is 2.14. The Morgan fingerprint density at radius 3 is 3.11 bits per heavy atom. The third-order valence-corrected chi connectivity index (χ3v) is 2.28. The predicted molar refractivity (Wildman–Crippen MR) is 42.3 cm³/mol. The van der Waals surface area contributed by atoms with Crippen LogP contribution in [0.15, 0.2) is 23.2 Å². The molecule has 2 heteroatoms. The Balaban J connectivity index is 2.57. The average Bonchev–Trinajstić information content (AvgIpc) is 2.34. The van der Waals surface area contributed by atoms with E-state index in [1.165, 1.54) is 0 Å². The molecule has 1 aromatic heterocycles. The van der Waals surface area contributed by atoms with Gasteiger partial charge in [-0.3, -0.25) is 0 Å². The van der Waals surface area contributed by atoms with Gasteiger partial charge < -0.3 is 0 Å². The van der Waals surface area contributed by atoms with Gasteiger partial charge in [0, 0.05) is 10.5 Å². The van der Waals surface area contributed by atoms with Gasteiger partial charge in [-0.05, 0) is 12.5 Å². The topological polar surface area (TPSA) is 12.9 Å². The molecule has 0 fully saturated rings. The lowest BCUT2D eigenvalue weighted by molar-refractivity contribution is 1.24. The maximum atomic E-state index is 3.97. The molecule has 1 aromatic rings. The number of allylic oxidation sites excluding steroid dienone is 1. The van der Waals surface area contributed by atoms with Gasteiger partial charge in [-0.25, -0.2) is 4.98 Å². The van der Waals surface area contributed by atoms with Crippen LogP contribution in [0, 0.1) is 0 Å². The smallest absolute Gasteiger partial charge is 0.208 e. The summed E-state index contributed by atoms with van der Waals surface area (Å²) in [6, 6.07) is 0. The predicted octanol–water partition coefficient (Wildman–Crippen LogP) is 2.71. The van der Waals surface area contributed by atoms with E-state index in [-0.39, 0.29) is 10.5 Å². The Labute approximate surface area is 58.0 Å². The van der Waals surface area contributed by atoms with Crippen molar-refractivity contribution in [3.63, 3.8) is 0 Å². The van der Waals surface area contributed by atoms with E-state index in [1.807, 2.05) is 11.7 Å². The first-order chi connectivity index (χ1) is 4.43. The molecule has 0 saturated heterocycles. The second-order valence-electron chi connectivity index (χ2n) is 1.73. The summed E-state index contributed by atoms with van der Waals surface area (Å²) in [5, 5.41) is 4.29. The lowest BCUT2D eigenvalue weighted by Crippen LogP contribution is -1.47. The summed E-state index contributed by atoms with van der Waals surface area (Å²) >= 11 is 0. The van der Waals surface area contributed by atoms with Crippen LogP contribution in [-0.2, 0) is 0 Å². The minimum Gasteiger partial charge on any atom is -0.208 e. The molecule has 0 saturated carbocycles. The molecule has 0 aromatic carbocycles. The molecule has 0 aliphatic rings. The van der Waals surface area contributed by atoms with Crippen molar-refractivity contribution in [2.45, 2.75) is 13.3 Å². The highest BCUT2D eigenvalue weighted by atomic mass is 32.2. The molecular weight excluding hydrogens is 130 g/mol. The molecule has 0 spiro atoms. The second-order valence-corrected chi connectivity index (χ2v) is 3.30. The van der Waals surface area contributed by atoms with Crippen LogP contribution in [0.4, 0.5) is 0 Å². The van der Waals surface area contributed by atoms with Gasteiger partial charge in [0.25, 0.3) is 0 Å². The largest absolute Gasteiger partial charge is 0.234 e. The zero-order valence-electron chi connectivity index (χ0n) is 5.45. The average molecular weight is 140 g/mol. The number of rotatable bonds is 2. The number of aromatic nitrogens is 1. The standard InChI is InChI=1S/C7H10NS/c1-2-3-5-9-6-4-8-7-9/h3-7H,2H2,1H3/q+1. The summed E-state index contributed by atoms with van der Waals surface area (Å²) in [5.41, 5.74) is 1.96. The van der Waals surface area contributed by atoms with Crippen LogP contribution in [0.2, 0.25) is 0 Å². The highest BCUT2D eigenvalue weighted by molar-refractivity contribution is 7.38. The molecule has 1 atom stereocenters. The molecule has 1 rings (SSSR count). The Morgan fingerprint density at radius 1 is 1.67 bits per heavy atom. The zero-order valence-corrected chi connectivity index (χ0v) is 6.27. The first-order valence-electron chi connectivity index (χ1n) is 3.01. The van der Waals surface area contributed by atoms with Crippen molar-refractivity contribution in [2.75, 3.05) is 0 Å². The quantitative estimate of drug-likeness (QED) is 0.575. The maximum Gasteiger partial charge on any atom is 0.234 e. The molecule has 48 valence electrons. The summed E-state index contributed by atoms with van der Waals surface area (Å²) in [6.07, 6.45) is 5.14. The van der Waals surface area contributed by atoms with Gasteiger partial charge in [0.2, 0.25) is 5.51 Å². The molecule has 1 nitrogen and oxygen atoms in total. The SMILES string of the molecule is CCC=C[s+]1ccnc1. The van der Waals surface area contributed by atoms with E-state index in [4.69, 9.17) is 0 Å². The second kappa shape index (κ2) is 3.41. The minimum atomic E-state index is 0.220. The third kappa shape index (κ3) is 1.98. The molecule has 0 bridgehead atoms. The number of hydrogen-bond donors (Lipinski definition) is 0. The van der Waals surface area contributed by atoms with Gasteiger partial charge in [-0.15, -0.1) is 0 Å². The molecular formula is C7H10NS+. The van der Waals surface area contributed by atoms with Crippen molar-refractivity contribution in [3.8, 4) is 0 Å². The van der Waals surface area contributed by atoms with E-state index < -0.39 is 0 Å². The molecule has 9 heavy (non-hydrogen) atoms. The minimum absolute atomic E-state index is 0.220. The fourth-order valence-electron chi connectivity index (χ4n) is 0.534. The number of thiazole rings is 1. The van der Waals surface area contributed by atoms with Crippen LogP contribution in [0.1, 0.15) is 13.3 Å². The number of nitrogens with zero attached hydrogens (tertiary/aromatic N) is 1. The van der Waals surface area contributed by atoms with Crippen molar-refractivity contribution >= 4 is 15.9 Å². The summed E-state index contributed by atoms with van der Waals surface area (Å²) in [5.74, 6) is 0. The van der Waals surface area contributed by atoms with Crippen LogP contribution < -0.4 is 0 Å². The molecule has 0 aliphatic heterocycles. The van der Waals surface area contributed by atoms with E-state index in [0.29, 0.717) is 0 Å². The van der Waals surface area contributed by atoms with Gasteiger partial charge in [-0.1, -0.05) is 6.92 Å². The first kappa shape index (κ1) is 6.49. The molecule has 1 heterocycles. The first-order valence-corrected chi connectivity index (χ1v) is 4.42. The highest BCUT2D eigenvalue weighted by Gasteiger charge is 1.92. The Morgan fingerprint density at radius 2 is 2.56 bits per heavy atom. The Bertz CT molecular complexity index is 177. The van der Waals surface area contributed by atoms with Crippen LogP contribution in [-0.4, -0.2) is 4.98 Å². The van der Waals surface area contributed by atoms with E-state index >= 15 is 0 Å². The monoisotopic (exact) mass is 140 g/mol. The fourth-order valence-corrected chi connectivity index (χ4v) is 1.60. The Hall–Kier alpha value is -0.630. The molecule has 1 unspecified atom stereocenters. The lowest BCUT2D eigenvalue weighted by atomic mass is 10.5. The van der Waals surface area contributed by atoms with Gasteiger partial charge >= 0.3 is 0 Å². The van der Waals surface area contributed by atoms with Crippen LogP contribution in [0.5, 0.6) is 0 Å². The van der Waals surface area contributed by atoms with Crippen molar-refractivity contribution in [1.82, 2.24) is 4.98 Å². The third-order valence-electron chi connectivity index (χ3n) is 0.976. The normalized spacial score (nSPS) is 12.8.